The SMILES string of the molecule is C#CC(OC(=O)N1CCCCC1)OC(C)(C)C. The Balaban J connectivity index is 2.45. The van der Waals surface area contributed by atoms with Crippen LogP contribution in [0.2, 0.25) is 0 Å². The zero-order valence-corrected chi connectivity index (χ0v) is 10.9. The van der Waals surface area contributed by atoms with E-state index in [9.17, 15) is 4.79 Å². The van der Waals surface area contributed by atoms with Gasteiger partial charge in [0.05, 0.1) is 5.60 Å². The van der Waals surface area contributed by atoms with Crippen LogP contribution in [0.4, 0.5) is 4.79 Å². The molecule has 0 aliphatic carbocycles. The van der Waals surface area contributed by atoms with Gasteiger partial charge in [-0.2, -0.15) is 0 Å². The molecule has 1 saturated heterocycles. The minimum atomic E-state index is -0.913. The fraction of sp³-hybridized carbons (Fsp3) is 0.769. The maximum absolute atomic E-state index is 11.8. The normalized spacial score (nSPS) is 18.4. The molecule has 4 heteroatoms. The molecular weight excluding hydrogens is 218 g/mol. The van der Waals surface area contributed by atoms with E-state index in [1.54, 1.807) is 4.90 Å². The lowest BCUT2D eigenvalue weighted by molar-refractivity contribution is -0.139. The maximum atomic E-state index is 11.8. The van der Waals surface area contributed by atoms with Crippen molar-refractivity contribution in [3.05, 3.63) is 0 Å². The van der Waals surface area contributed by atoms with Gasteiger partial charge in [0.25, 0.3) is 6.29 Å². The van der Waals surface area contributed by atoms with Gasteiger partial charge in [0, 0.05) is 13.1 Å². The number of piperidine rings is 1. The summed E-state index contributed by atoms with van der Waals surface area (Å²) in [6.07, 6.45) is 7.21. The molecule has 17 heavy (non-hydrogen) atoms. The van der Waals surface area contributed by atoms with Crippen LogP contribution in [-0.4, -0.2) is 36.0 Å². The molecule has 1 heterocycles. The molecule has 1 aliphatic rings. The Bertz CT molecular complexity index is 295. The van der Waals surface area contributed by atoms with Crippen LogP contribution in [0.3, 0.4) is 0 Å². The predicted molar refractivity (Wildman–Crippen MR) is 65.4 cm³/mol. The molecule has 1 atom stereocenters. The van der Waals surface area contributed by atoms with Crippen molar-refractivity contribution < 1.29 is 14.3 Å². The number of nitrogens with zero attached hydrogens (tertiary/aromatic N) is 1. The van der Waals surface area contributed by atoms with Crippen molar-refractivity contribution in [1.29, 1.82) is 0 Å². The number of carbonyl (C=O) groups is 1. The average Bonchev–Trinajstić information content (AvgIpc) is 2.27. The van der Waals surface area contributed by atoms with Crippen LogP contribution in [0.5, 0.6) is 0 Å². The van der Waals surface area contributed by atoms with E-state index < -0.39 is 11.9 Å². The van der Waals surface area contributed by atoms with Crippen LogP contribution in [0.1, 0.15) is 40.0 Å². The minimum absolute atomic E-state index is 0.378. The van der Waals surface area contributed by atoms with Crippen LogP contribution in [0.25, 0.3) is 0 Å². The number of amides is 1. The molecule has 0 aromatic rings. The van der Waals surface area contributed by atoms with Crippen LogP contribution in [-0.2, 0) is 9.47 Å². The third-order valence-electron chi connectivity index (χ3n) is 2.42. The van der Waals surface area contributed by atoms with E-state index in [1.807, 2.05) is 20.8 Å². The Hall–Kier alpha value is -1.21. The second-order valence-electron chi connectivity index (χ2n) is 5.16. The summed E-state index contributed by atoms with van der Waals surface area (Å²) in [7, 11) is 0. The number of terminal acetylenes is 1. The zero-order valence-electron chi connectivity index (χ0n) is 10.9. The van der Waals surface area contributed by atoms with E-state index in [2.05, 4.69) is 5.92 Å². The fourth-order valence-corrected chi connectivity index (χ4v) is 1.66. The Morgan fingerprint density at radius 1 is 1.29 bits per heavy atom. The highest BCUT2D eigenvalue weighted by Gasteiger charge is 2.24. The van der Waals surface area contributed by atoms with Crippen molar-refractivity contribution >= 4 is 6.09 Å². The molecule has 1 fully saturated rings. The molecule has 0 aromatic heterocycles. The summed E-state index contributed by atoms with van der Waals surface area (Å²) in [6, 6.07) is 0. The Morgan fingerprint density at radius 3 is 2.35 bits per heavy atom. The summed E-state index contributed by atoms with van der Waals surface area (Å²) in [6.45, 7) is 7.08. The molecule has 1 rings (SSSR count). The summed E-state index contributed by atoms with van der Waals surface area (Å²) in [4.78, 5) is 13.5. The highest BCUT2D eigenvalue weighted by Crippen LogP contribution is 2.14. The number of ether oxygens (including phenoxy) is 2. The molecule has 0 spiro atoms. The van der Waals surface area contributed by atoms with Crippen molar-refractivity contribution in [3.63, 3.8) is 0 Å². The van der Waals surface area contributed by atoms with Crippen molar-refractivity contribution in [3.8, 4) is 12.3 Å². The first kappa shape index (κ1) is 13.9. The first-order chi connectivity index (χ1) is 7.92. The summed E-state index contributed by atoms with van der Waals surface area (Å²) in [5.74, 6) is 2.34. The Labute approximate surface area is 103 Å². The van der Waals surface area contributed by atoms with Crippen molar-refractivity contribution in [2.75, 3.05) is 13.1 Å². The lowest BCUT2D eigenvalue weighted by atomic mass is 10.1. The first-order valence-corrected chi connectivity index (χ1v) is 6.02. The number of hydrogen-bond acceptors (Lipinski definition) is 3. The molecule has 0 bridgehead atoms. The Morgan fingerprint density at radius 2 is 1.88 bits per heavy atom. The van der Waals surface area contributed by atoms with Gasteiger partial charge in [-0.25, -0.2) is 4.79 Å². The van der Waals surface area contributed by atoms with Gasteiger partial charge in [0.1, 0.15) is 0 Å². The molecule has 0 aromatic carbocycles. The van der Waals surface area contributed by atoms with Crippen molar-refractivity contribution in [2.45, 2.75) is 51.9 Å². The van der Waals surface area contributed by atoms with E-state index in [0.717, 1.165) is 25.9 Å². The van der Waals surface area contributed by atoms with Crippen molar-refractivity contribution in [2.24, 2.45) is 0 Å². The van der Waals surface area contributed by atoms with Crippen LogP contribution < -0.4 is 0 Å². The summed E-state index contributed by atoms with van der Waals surface area (Å²) in [5.41, 5.74) is -0.431. The molecule has 0 saturated carbocycles. The second-order valence-corrected chi connectivity index (χ2v) is 5.16. The molecule has 4 nitrogen and oxygen atoms in total. The van der Waals surface area contributed by atoms with Crippen LogP contribution >= 0.6 is 0 Å². The van der Waals surface area contributed by atoms with Crippen LogP contribution in [0, 0.1) is 12.3 Å². The third kappa shape index (κ3) is 5.10. The van der Waals surface area contributed by atoms with Crippen molar-refractivity contribution in [1.82, 2.24) is 4.90 Å². The lowest BCUT2D eigenvalue weighted by Gasteiger charge is -2.29. The summed E-state index contributed by atoms with van der Waals surface area (Å²) >= 11 is 0. The number of carbonyl (C=O) groups excluding carboxylic acids is 1. The van der Waals surface area contributed by atoms with Gasteiger partial charge in [0.15, 0.2) is 0 Å². The smallest absolute Gasteiger partial charge is 0.408 e. The first-order valence-electron chi connectivity index (χ1n) is 6.02. The van der Waals surface area contributed by atoms with Gasteiger partial charge in [-0.05, 0) is 46.0 Å². The lowest BCUT2D eigenvalue weighted by Crippen LogP contribution is -2.39. The predicted octanol–water partition coefficient (Wildman–Crippen LogP) is 2.38. The maximum Gasteiger partial charge on any atom is 0.412 e. The molecular formula is C13H21NO3. The van der Waals surface area contributed by atoms with Gasteiger partial charge < -0.3 is 14.4 Å². The highest BCUT2D eigenvalue weighted by molar-refractivity contribution is 5.68. The minimum Gasteiger partial charge on any atom is -0.408 e. The molecule has 1 amide bonds. The van der Waals surface area contributed by atoms with E-state index in [-0.39, 0.29) is 6.09 Å². The second kappa shape index (κ2) is 5.92. The van der Waals surface area contributed by atoms with Gasteiger partial charge in [-0.1, -0.05) is 0 Å². The molecule has 0 radical (unpaired) electrons. The molecule has 1 unspecified atom stereocenters. The number of rotatable bonds is 2. The van der Waals surface area contributed by atoms with Gasteiger partial charge in [-0.3, -0.25) is 0 Å². The summed E-state index contributed by atoms with van der Waals surface area (Å²) in [5, 5.41) is 0. The fourth-order valence-electron chi connectivity index (χ4n) is 1.66. The van der Waals surface area contributed by atoms with E-state index >= 15 is 0 Å². The standard InChI is InChI=1S/C13H21NO3/c1-5-11(17-13(2,3)4)16-12(15)14-9-7-6-8-10-14/h1,11H,6-10H2,2-4H3. The quantitative estimate of drug-likeness (QED) is 0.548. The van der Waals surface area contributed by atoms with Gasteiger partial charge in [0.2, 0.25) is 0 Å². The molecule has 96 valence electrons. The highest BCUT2D eigenvalue weighted by atomic mass is 16.7. The Kier molecular flexibility index (Phi) is 4.83. The van der Waals surface area contributed by atoms with E-state index in [1.165, 1.54) is 6.42 Å². The van der Waals surface area contributed by atoms with Gasteiger partial charge >= 0.3 is 6.09 Å². The van der Waals surface area contributed by atoms with E-state index in [4.69, 9.17) is 15.9 Å². The zero-order chi connectivity index (χ0) is 12.9. The topological polar surface area (TPSA) is 38.8 Å². The van der Waals surface area contributed by atoms with Gasteiger partial charge in [-0.15, -0.1) is 6.42 Å². The number of hydrogen-bond donors (Lipinski definition) is 0. The van der Waals surface area contributed by atoms with Crippen LogP contribution in [0.15, 0.2) is 0 Å². The van der Waals surface area contributed by atoms with E-state index in [0.29, 0.717) is 0 Å². The molecule has 1 aliphatic heterocycles. The number of likely N-dealkylation sites (tertiary alicyclic amines) is 1. The third-order valence-corrected chi connectivity index (χ3v) is 2.42. The molecule has 0 N–H and O–H groups in total. The largest absolute Gasteiger partial charge is 0.412 e. The monoisotopic (exact) mass is 239 g/mol. The average molecular weight is 239 g/mol. The summed E-state index contributed by atoms with van der Waals surface area (Å²) < 4.78 is 10.6.